The molecule has 0 unspecified atom stereocenters. The largest absolute Gasteiger partial charge is 0.465 e. The summed E-state index contributed by atoms with van der Waals surface area (Å²) in [5.41, 5.74) is 8.58. The van der Waals surface area contributed by atoms with Gasteiger partial charge < -0.3 is 21.1 Å². The molecule has 0 saturated carbocycles. The number of carbonyl (C=O) groups is 2. The Morgan fingerprint density at radius 2 is 1.96 bits per heavy atom. The lowest BCUT2D eigenvalue weighted by molar-refractivity contribution is -0.117. The normalized spacial score (nSPS) is 19.2. The highest BCUT2D eigenvalue weighted by molar-refractivity contribution is 5.94. The summed E-state index contributed by atoms with van der Waals surface area (Å²) in [6.45, 7) is 3.41. The lowest BCUT2D eigenvalue weighted by Gasteiger charge is -2.39. The summed E-state index contributed by atoms with van der Waals surface area (Å²) in [7, 11) is 0. The van der Waals surface area contributed by atoms with E-state index in [4.69, 9.17) is 10.8 Å². The van der Waals surface area contributed by atoms with Gasteiger partial charge in [0.2, 0.25) is 11.9 Å². The second-order valence-corrected chi connectivity index (χ2v) is 6.08. The smallest absolute Gasteiger partial charge is 0.405 e. The van der Waals surface area contributed by atoms with E-state index < -0.39 is 12.1 Å². The number of carboxylic acid groups (broad SMARTS) is 1. The van der Waals surface area contributed by atoms with Gasteiger partial charge >= 0.3 is 6.09 Å². The summed E-state index contributed by atoms with van der Waals surface area (Å²) in [5.74, 6) is 0.106. The van der Waals surface area contributed by atoms with Crippen molar-refractivity contribution in [2.24, 2.45) is 0 Å². The Hall–Kier alpha value is -3.16. The van der Waals surface area contributed by atoms with E-state index in [2.05, 4.69) is 15.3 Å². The minimum Gasteiger partial charge on any atom is -0.465 e. The first kappa shape index (κ1) is 16.7. The monoisotopic (exact) mass is 341 g/mol. The van der Waals surface area contributed by atoms with Crippen molar-refractivity contribution < 1.29 is 14.7 Å². The van der Waals surface area contributed by atoms with Crippen LogP contribution in [0.4, 0.5) is 16.4 Å². The molecule has 2 aromatic rings. The minimum absolute atomic E-state index is 0.0777. The summed E-state index contributed by atoms with van der Waals surface area (Å²) in [4.78, 5) is 32.9. The maximum absolute atomic E-state index is 12.0. The maximum Gasteiger partial charge on any atom is 0.405 e. The van der Waals surface area contributed by atoms with E-state index in [0.717, 1.165) is 16.7 Å². The topological polar surface area (TPSA) is 121 Å². The summed E-state index contributed by atoms with van der Waals surface area (Å²) in [6.07, 6.45) is 2.62. The molecule has 0 radical (unpaired) electrons. The highest BCUT2D eigenvalue weighted by atomic mass is 16.4. The van der Waals surface area contributed by atoms with E-state index in [1.54, 1.807) is 17.3 Å². The first-order valence-electron chi connectivity index (χ1n) is 7.88. The van der Waals surface area contributed by atoms with Crippen molar-refractivity contribution in [2.45, 2.75) is 32.4 Å². The van der Waals surface area contributed by atoms with E-state index in [0.29, 0.717) is 12.1 Å². The third kappa shape index (κ3) is 3.23. The van der Waals surface area contributed by atoms with Crippen molar-refractivity contribution in [2.75, 3.05) is 10.6 Å². The van der Waals surface area contributed by atoms with Crippen LogP contribution >= 0.6 is 0 Å². The van der Waals surface area contributed by atoms with Gasteiger partial charge in [0.25, 0.3) is 0 Å². The molecule has 0 spiro atoms. The number of benzene rings is 1. The van der Waals surface area contributed by atoms with Crippen LogP contribution in [0.1, 0.15) is 31.9 Å². The number of nitrogens with one attached hydrogen (secondary N) is 1. The maximum atomic E-state index is 12.0. The number of rotatable bonds is 2. The zero-order valence-corrected chi connectivity index (χ0v) is 13.9. The van der Waals surface area contributed by atoms with Crippen LogP contribution in [-0.2, 0) is 4.79 Å². The van der Waals surface area contributed by atoms with Gasteiger partial charge in [0.15, 0.2) is 0 Å². The Labute approximate surface area is 144 Å². The molecule has 0 aliphatic carbocycles. The predicted octanol–water partition coefficient (Wildman–Crippen LogP) is 2.18. The van der Waals surface area contributed by atoms with Gasteiger partial charge in [-0.3, -0.25) is 4.79 Å². The van der Waals surface area contributed by atoms with Gasteiger partial charge in [0.1, 0.15) is 0 Å². The Morgan fingerprint density at radius 1 is 1.28 bits per heavy atom. The minimum atomic E-state index is -1.10. The molecule has 8 heteroatoms. The number of fused-ring (bicyclic) bond motifs is 1. The number of aromatic nitrogens is 2. The molecule has 4 N–H and O–H groups in total. The summed E-state index contributed by atoms with van der Waals surface area (Å²) in [5, 5.41) is 11.7. The van der Waals surface area contributed by atoms with Gasteiger partial charge in [-0.05, 0) is 36.6 Å². The fraction of sp³-hybridized carbons (Fsp3) is 0.294. The van der Waals surface area contributed by atoms with E-state index in [-0.39, 0.29) is 17.9 Å². The van der Waals surface area contributed by atoms with E-state index >= 15 is 0 Å². The molecule has 1 aromatic heterocycles. The van der Waals surface area contributed by atoms with Crippen LogP contribution in [-0.4, -0.2) is 33.1 Å². The van der Waals surface area contributed by atoms with Crippen LogP contribution in [0, 0.1) is 0 Å². The number of amides is 2. The van der Waals surface area contributed by atoms with Crippen LogP contribution in [0.5, 0.6) is 0 Å². The van der Waals surface area contributed by atoms with Crippen LogP contribution in [0.15, 0.2) is 30.6 Å². The summed E-state index contributed by atoms with van der Waals surface area (Å²) >= 11 is 0. The van der Waals surface area contributed by atoms with E-state index in [1.807, 2.05) is 25.1 Å². The first-order chi connectivity index (χ1) is 11.9. The molecule has 0 fully saturated rings. The molecule has 0 bridgehead atoms. The molecule has 3 rings (SSSR count). The van der Waals surface area contributed by atoms with Gasteiger partial charge in [-0.1, -0.05) is 6.07 Å². The lowest BCUT2D eigenvalue weighted by Crippen LogP contribution is -2.45. The Balaban J connectivity index is 2.09. The number of hydrogen-bond acceptors (Lipinski definition) is 5. The number of carbonyl (C=O) groups excluding carboxylic acids is 1. The summed E-state index contributed by atoms with van der Waals surface area (Å²) in [6, 6.07) is 5.06. The second-order valence-electron chi connectivity index (χ2n) is 6.08. The van der Waals surface area contributed by atoms with Crippen LogP contribution in [0.25, 0.3) is 11.1 Å². The van der Waals surface area contributed by atoms with Crippen molar-refractivity contribution >= 4 is 23.6 Å². The van der Waals surface area contributed by atoms with Crippen LogP contribution < -0.4 is 16.0 Å². The quantitative estimate of drug-likeness (QED) is 0.769. The van der Waals surface area contributed by atoms with Gasteiger partial charge in [-0.2, -0.15) is 0 Å². The SMILES string of the molecule is CC(=O)N1c2ccc(-c3cnc(N)nc3)cc2[C@@H](NC(=O)O)C[C@H]1C. The fourth-order valence-electron chi connectivity index (χ4n) is 3.30. The van der Waals surface area contributed by atoms with Crippen molar-refractivity contribution in [1.82, 2.24) is 15.3 Å². The van der Waals surface area contributed by atoms with E-state index in [9.17, 15) is 9.59 Å². The van der Waals surface area contributed by atoms with Gasteiger partial charge in [0, 0.05) is 36.6 Å². The molecule has 25 heavy (non-hydrogen) atoms. The Kier molecular flexibility index (Phi) is 4.26. The van der Waals surface area contributed by atoms with Crippen molar-refractivity contribution in [3.8, 4) is 11.1 Å². The zero-order chi connectivity index (χ0) is 18.1. The number of nitrogen functional groups attached to an aromatic ring is 1. The van der Waals surface area contributed by atoms with Gasteiger partial charge in [-0.25, -0.2) is 14.8 Å². The van der Waals surface area contributed by atoms with Crippen molar-refractivity contribution in [3.63, 3.8) is 0 Å². The number of nitrogens with two attached hydrogens (primary N) is 1. The lowest BCUT2D eigenvalue weighted by atomic mass is 9.89. The third-order valence-electron chi connectivity index (χ3n) is 4.32. The highest BCUT2D eigenvalue weighted by Gasteiger charge is 2.33. The van der Waals surface area contributed by atoms with Crippen LogP contribution in [0.3, 0.4) is 0 Å². The van der Waals surface area contributed by atoms with Gasteiger partial charge in [-0.15, -0.1) is 0 Å². The molecule has 2 atom stereocenters. The summed E-state index contributed by atoms with van der Waals surface area (Å²) < 4.78 is 0. The molecule has 1 aliphatic heterocycles. The molecule has 2 heterocycles. The Morgan fingerprint density at radius 3 is 2.56 bits per heavy atom. The van der Waals surface area contributed by atoms with Gasteiger partial charge in [0.05, 0.1) is 6.04 Å². The fourth-order valence-corrected chi connectivity index (χ4v) is 3.30. The predicted molar refractivity (Wildman–Crippen MR) is 93.0 cm³/mol. The average Bonchev–Trinajstić information content (AvgIpc) is 2.54. The number of nitrogens with zero attached hydrogens (tertiary/aromatic N) is 3. The highest BCUT2D eigenvalue weighted by Crippen LogP contribution is 2.39. The molecule has 1 aromatic carbocycles. The van der Waals surface area contributed by atoms with Crippen molar-refractivity contribution in [1.29, 1.82) is 0 Å². The molecular weight excluding hydrogens is 322 g/mol. The molecule has 130 valence electrons. The molecule has 8 nitrogen and oxygen atoms in total. The Bertz CT molecular complexity index is 822. The number of hydrogen-bond donors (Lipinski definition) is 3. The molecule has 0 saturated heterocycles. The molecule has 1 aliphatic rings. The first-order valence-corrected chi connectivity index (χ1v) is 7.88. The van der Waals surface area contributed by atoms with E-state index in [1.165, 1.54) is 6.92 Å². The zero-order valence-electron chi connectivity index (χ0n) is 13.9. The number of anilines is 2. The van der Waals surface area contributed by atoms with Crippen molar-refractivity contribution in [3.05, 3.63) is 36.2 Å². The van der Waals surface area contributed by atoms with Crippen LogP contribution in [0.2, 0.25) is 0 Å². The average molecular weight is 341 g/mol. The standard InChI is InChI=1S/C17H19N5O3/c1-9-5-14(21-17(24)25)13-6-11(12-7-19-16(18)20-8-12)3-4-15(13)22(9)10(2)23/h3-4,6-9,14,21H,5H2,1-2H3,(H,24,25)(H2,18,19,20)/t9-,14+/m1/s1. The third-order valence-corrected chi connectivity index (χ3v) is 4.32. The second kappa shape index (κ2) is 6.39. The molecule has 2 amide bonds. The molecular formula is C17H19N5O3.